The van der Waals surface area contributed by atoms with Crippen molar-refractivity contribution in [2.75, 3.05) is 43.2 Å². The second kappa shape index (κ2) is 9.64. The first-order valence-corrected chi connectivity index (χ1v) is 10.7. The van der Waals surface area contributed by atoms with Crippen molar-refractivity contribution in [2.24, 2.45) is 0 Å². The Bertz CT molecular complexity index is 955. The summed E-state index contributed by atoms with van der Waals surface area (Å²) in [5, 5.41) is 0. The van der Waals surface area contributed by atoms with Gasteiger partial charge in [-0.05, 0) is 30.9 Å². The summed E-state index contributed by atoms with van der Waals surface area (Å²) >= 11 is 0. The normalized spacial score (nSPS) is 22.3. The molecule has 0 bridgehead atoms. The maximum absolute atomic E-state index is 13.7. The predicted octanol–water partition coefficient (Wildman–Crippen LogP) is 3.04. The van der Waals surface area contributed by atoms with E-state index < -0.39 is 6.36 Å². The minimum absolute atomic E-state index is 0.0477. The van der Waals surface area contributed by atoms with Crippen LogP contribution >= 0.6 is 0 Å². The number of anilines is 2. The van der Waals surface area contributed by atoms with Crippen LogP contribution in [-0.2, 0) is 11.2 Å². The Labute approximate surface area is 180 Å². The summed E-state index contributed by atoms with van der Waals surface area (Å²) in [6.45, 7) is 1.52. The van der Waals surface area contributed by atoms with Crippen molar-refractivity contribution in [3.63, 3.8) is 0 Å². The molecule has 0 unspecified atom stereocenters. The Morgan fingerprint density at radius 3 is 2.94 bits per heavy atom. The molecule has 1 aromatic heterocycles. The average molecular weight is 434 g/mol. The quantitative estimate of drug-likeness (QED) is 0.780. The third-order valence-corrected chi connectivity index (χ3v) is 5.92. The van der Waals surface area contributed by atoms with E-state index in [2.05, 4.69) is 14.9 Å². The molecule has 2 saturated heterocycles. The molecule has 2 aliphatic heterocycles. The molecule has 2 atom stereocenters. The van der Waals surface area contributed by atoms with E-state index in [9.17, 15) is 13.6 Å². The number of nitrogens with zero attached hydrogens (tertiary/aromatic N) is 3. The maximum Gasteiger partial charge on any atom is 0.254 e. The lowest BCUT2D eigenvalue weighted by Crippen LogP contribution is -2.43. The molecule has 1 N–H and O–H groups in total. The average Bonchev–Trinajstić information content (AvgIpc) is 3.00. The molecular formula is C22H28F2N4O3. The van der Waals surface area contributed by atoms with Crippen LogP contribution in [0.5, 0.6) is 5.75 Å². The van der Waals surface area contributed by atoms with Crippen molar-refractivity contribution in [1.82, 2.24) is 9.97 Å². The van der Waals surface area contributed by atoms with Crippen LogP contribution in [0.3, 0.4) is 0 Å². The number of aromatic nitrogens is 2. The van der Waals surface area contributed by atoms with E-state index in [0.29, 0.717) is 30.5 Å². The van der Waals surface area contributed by atoms with Gasteiger partial charge in [0, 0.05) is 31.3 Å². The number of methoxy groups -OCH3 is 1. The largest absolute Gasteiger partial charge is 0.496 e. The summed E-state index contributed by atoms with van der Waals surface area (Å²) < 4.78 is 37.7. The molecule has 3 heterocycles. The van der Waals surface area contributed by atoms with Gasteiger partial charge in [-0.2, -0.15) is 4.98 Å². The Morgan fingerprint density at radius 1 is 1.26 bits per heavy atom. The molecule has 0 saturated carbocycles. The number of morpholine rings is 1. The summed E-state index contributed by atoms with van der Waals surface area (Å²) in [6.07, 6.45) is 3.29. The number of benzene rings is 1. The topological polar surface area (TPSA) is 70.7 Å². The fraction of sp³-hybridized carbons (Fsp3) is 0.545. The van der Waals surface area contributed by atoms with Crippen molar-refractivity contribution in [3.05, 3.63) is 46.0 Å². The highest BCUT2D eigenvalue weighted by atomic mass is 19.1. The first-order chi connectivity index (χ1) is 15.0. The molecule has 2 aromatic rings. The van der Waals surface area contributed by atoms with Gasteiger partial charge in [-0.3, -0.25) is 9.78 Å². The second-order valence-corrected chi connectivity index (χ2v) is 8.01. The van der Waals surface area contributed by atoms with Gasteiger partial charge in [0.2, 0.25) is 12.3 Å². The van der Waals surface area contributed by atoms with Crippen molar-refractivity contribution in [1.29, 1.82) is 0 Å². The van der Waals surface area contributed by atoms with Crippen molar-refractivity contribution in [2.45, 2.75) is 44.5 Å². The minimum Gasteiger partial charge on any atom is -0.496 e. The first-order valence-electron chi connectivity index (χ1n) is 10.7. The predicted molar refractivity (Wildman–Crippen MR) is 114 cm³/mol. The van der Waals surface area contributed by atoms with Gasteiger partial charge in [0.1, 0.15) is 17.4 Å². The van der Waals surface area contributed by atoms with Crippen molar-refractivity contribution < 1.29 is 18.3 Å². The molecule has 9 heteroatoms. The second-order valence-electron chi connectivity index (χ2n) is 8.01. The van der Waals surface area contributed by atoms with Crippen molar-refractivity contribution in [3.8, 4) is 5.75 Å². The zero-order valence-corrected chi connectivity index (χ0v) is 17.7. The minimum atomic E-state index is -1.39. The van der Waals surface area contributed by atoms with Gasteiger partial charge in [-0.1, -0.05) is 18.9 Å². The number of H-pyrrole nitrogens is 1. The van der Waals surface area contributed by atoms with E-state index in [1.165, 1.54) is 25.3 Å². The van der Waals surface area contributed by atoms with Gasteiger partial charge in [-0.25, -0.2) is 8.78 Å². The zero-order valence-electron chi connectivity index (χ0n) is 17.7. The number of hydrogen-bond donors (Lipinski definition) is 1. The molecule has 1 aromatic carbocycles. The van der Waals surface area contributed by atoms with Gasteiger partial charge in [0.15, 0.2) is 0 Å². The Kier molecular flexibility index (Phi) is 6.70. The van der Waals surface area contributed by atoms with E-state index in [1.807, 2.05) is 0 Å². The van der Waals surface area contributed by atoms with Crippen LogP contribution in [0.15, 0.2) is 29.1 Å². The smallest absolute Gasteiger partial charge is 0.254 e. The molecule has 4 rings (SSSR count). The third kappa shape index (κ3) is 5.15. The number of ether oxygens (including phenoxy) is 2. The molecule has 0 spiro atoms. The van der Waals surface area contributed by atoms with Crippen LogP contribution in [0, 0.1) is 5.82 Å². The van der Waals surface area contributed by atoms with E-state index >= 15 is 0 Å². The lowest BCUT2D eigenvalue weighted by Gasteiger charge is -2.33. The van der Waals surface area contributed by atoms with Crippen LogP contribution < -0.4 is 20.1 Å². The highest BCUT2D eigenvalue weighted by Crippen LogP contribution is 2.28. The molecule has 7 nitrogen and oxygen atoms in total. The Morgan fingerprint density at radius 2 is 2.13 bits per heavy atom. The van der Waals surface area contributed by atoms with E-state index in [0.717, 1.165) is 37.8 Å². The fourth-order valence-electron chi connectivity index (χ4n) is 4.36. The standard InChI is InChI=1S/C22H28F2N4O3/c1-30-18-12-16(23)7-6-15(18)11-17-5-3-2-4-8-28(17)22-25-20(13-21(29)26-22)27-9-10-31-19(24)14-27/h6-7,12-13,17,19H,2-5,8-11,14H2,1H3,(H,25,26,29)/t17-,19-/m0/s1. The van der Waals surface area contributed by atoms with E-state index in [1.54, 1.807) is 11.0 Å². The summed E-state index contributed by atoms with van der Waals surface area (Å²) in [5.41, 5.74) is 0.636. The molecule has 168 valence electrons. The van der Waals surface area contributed by atoms with Crippen molar-refractivity contribution >= 4 is 11.8 Å². The lowest BCUT2D eigenvalue weighted by atomic mass is 10.00. The number of halogens is 2. The first kappa shape index (κ1) is 21.5. The van der Waals surface area contributed by atoms with Gasteiger partial charge in [-0.15, -0.1) is 0 Å². The molecule has 0 aliphatic carbocycles. The van der Waals surface area contributed by atoms with Crippen LogP contribution in [-0.4, -0.2) is 55.7 Å². The number of aromatic amines is 1. The number of nitrogens with one attached hydrogen (secondary N) is 1. The van der Waals surface area contributed by atoms with E-state index in [4.69, 9.17) is 9.47 Å². The molecule has 2 aliphatic rings. The SMILES string of the molecule is COc1cc(F)ccc1C[C@@H]1CCCCCN1c1nc(N2CCO[C@H](F)C2)cc(=O)[nH]1. The summed E-state index contributed by atoms with van der Waals surface area (Å²) in [7, 11) is 1.53. The van der Waals surface area contributed by atoms with Crippen LogP contribution in [0.4, 0.5) is 20.5 Å². The Hall–Kier alpha value is -2.68. The molecule has 2 fully saturated rings. The third-order valence-electron chi connectivity index (χ3n) is 5.92. The fourth-order valence-corrected chi connectivity index (χ4v) is 4.36. The van der Waals surface area contributed by atoms with Gasteiger partial charge in [0.25, 0.3) is 5.56 Å². The molecular weight excluding hydrogens is 406 g/mol. The number of hydrogen-bond acceptors (Lipinski definition) is 6. The summed E-state index contributed by atoms with van der Waals surface area (Å²) in [4.78, 5) is 23.8. The van der Waals surface area contributed by atoms with Gasteiger partial charge >= 0.3 is 0 Å². The number of rotatable bonds is 5. The number of alkyl halides is 1. The lowest BCUT2D eigenvalue weighted by molar-refractivity contribution is -0.0467. The monoisotopic (exact) mass is 434 g/mol. The van der Waals surface area contributed by atoms with Crippen LogP contribution in [0.1, 0.15) is 31.2 Å². The van der Waals surface area contributed by atoms with Crippen LogP contribution in [0.2, 0.25) is 0 Å². The zero-order chi connectivity index (χ0) is 21.8. The Balaban J connectivity index is 1.63. The van der Waals surface area contributed by atoms with Gasteiger partial charge < -0.3 is 19.3 Å². The highest BCUT2D eigenvalue weighted by Gasteiger charge is 2.27. The molecule has 0 radical (unpaired) electrons. The van der Waals surface area contributed by atoms with Crippen LogP contribution in [0.25, 0.3) is 0 Å². The van der Waals surface area contributed by atoms with E-state index in [-0.39, 0.29) is 30.6 Å². The summed E-state index contributed by atoms with van der Waals surface area (Å²) in [6, 6.07) is 6.05. The summed E-state index contributed by atoms with van der Waals surface area (Å²) in [5.74, 6) is 1.11. The molecule has 0 amide bonds. The molecule has 31 heavy (non-hydrogen) atoms. The van der Waals surface area contributed by atoms with Gasteiger partial charge in [0.05, 0.1) is 20.3 Å². The highest BCUT2D eigenvalue weighted by molar-refractivity contribution is 5.45. The maximum atomic E-state index is 13.7.